The molecule has 0 N–H and O–H groups in total. The summed E-state index contributed by atoms with van der Waals surface area (Å²) >= 11 is 0. The SMILES string of the molecule is CCCC[C@H]1CO[C@H](CCc2cc(F)c(C#C[C@H]3CC[C@H](CC)CC3)c(F)c2)OC1. The van der Waals surface area contributed by atoms with Crippen molar-refractivity contribution in [3.05, 3.63) is 34.9 Å². The molecule has 0 unspecified atom stereocenters. The third kappa shape index (κ3) is 6.79. The lowest BCUT2D eigenvalue weighted by molar-refractivity contribution is -0.203. The molecule has 2 nitrogen and oxygen atoms in total. The van der Waals surface area contributed by atoms with E-state index in [1.807, 2.05) is 0 Å². The van der Waals surface area contributed by atoms with Gasteiger partial charge in [-0.2, -0.15) is 0 Å². The fourth-order valence-corrected chi connectivity index (χ4v) is 4.47. The molecule has 1 aliphatic carbocycles. The lowest BCUT2D eigenvalue weighted by Gasteiger charge is -2.29. The van der Waals surface area contributed by atoms with Gasteiger partial charge in [0, 0.05) is 18.3 Å². The molecular weight excluding hydrogens is 382 g/mol. The third-order valence-electron chi connectivity index (χ3n) is 6.60. The number of aryl methyl sites for hydroxylation is 1. The normalized spacial score (nSPS) is 26.8. The van der Waals surface area contributed by atoms with Gasteiger partial charge in [-0.3, -0.25) is 0 Å². The van der Waals surface area contributed by atoms with Gasteiger partial charge < -0.3 is 9.47 Å². The number of hydrogen-bond acceptors (Lipinski definition) is 2. The summed E-state index contributed by atoms with van der Waals surface area (Å²) in [4.78, 5) is 0. The highest BCUT2D eigenvalue weighted by atomic mass is 19.1. The molecule has 166 valence electrons. The van der Waals surface area contributed by atoms with Crippen LogP contribution in [0.15, 0.2) is 12.1 Å². The molecule has 4 heteroatoms. The molecule has 30 heavy (non-hydrogen) atoms. The summed E-state index contributed by atoms with van der Waals surface area (Å²) in [5.41, 5.74) is 0.527. The number of benzene rings is 1. The lowest BCUT2D eigenvalue weighted by atomic mass is 9.81. The van der Waals surface area contributed by atoms with Gasteiger partial charge in [0.25, 0.3) is 0 Å². The first-order chi connectivity index (χ1) is 14.6. The lowest BCUT2D eigenvalue weighted by Crippen LogP contribution is -2.32. The van der Waals surface area contributed by atoms with Crippen molar-refractivity contribution in [2.45, 2.75) is 84.3 Å². The Morgan fingerprint density at radius 1 is 0.933 bits per heavy atom. The van der Waals surface area contributed by atoms with E-state index < -0.39 is 11.6 Å². The second-order valence-corrected chi connectivity index (χ2v) is 8.97. The highest BCUT2D eigenvalue weighted by molar-refractivity contribution is 5.39. The van der Waals surface area contributed by atoms with Crippen LogP contribution in [0.4, 0.5) is 8.78 Å². The van der Waals surface area contributed by atoms with Gasteiger partial charge in [0.05, 0.1) is 18.8 Å². The van der Waals surface area contributed by atoms with E-state index in [0.717, 1.165) is 25.2 Å². The number of unbranched alkanes of at least 4 members (excludes halogenated alkanes) is 1. The molecule has 1 heterocycles. The maximum atomic E-state index is 14.5. The summed E-state index contributed by atoms with van der Waals surface area (Å²) in [7, 11) is 0. The molecule has 0 radical (unpaired) electrons. The van der Waals surface area contributed by atoms with Crippen molar-refractivity contribution in [1.29, 1.82) is 0 Å². The minimum atomic E-state index is -0.565. The zero-order valence-corrected chi connectivity index (χ0v) is 18.5. The van der Waals surface area contributed by atoms with Crippen LogP contribution >= 0.6 is 0 Å². The minimum Gasteiger partial charge on any atom is -0.352 e. The molecule has 0 spiro atoms. The molecule has 0 amide bonds. The smallest absolute Gasteiger partial charge is 0.157 e. The Morgan fingerprint density at radius 2 is 1.60 bits per heavy atom. The van der Waals surface area contributed by atoms with Crippen molar-refractivity contribution < 1.29 is 18.3 Å². The van der Waals surface area contributed by atoms with Crippen LogP contribution in [-0.2, 0) is 15.9 Å². The van der Waals surface area contributed by atoms with Gasteiger partial charge in [-0.05, 0) is 62.1 Å². The number of hydrogen-bond donors (Lipinski definition) is 0. The van der Waals surface area contributed by atoms with Gasteiger partial charge in [-0.25, -0.2) is 8.78 Å². The van der Waals surface area contributed by atoms with Crippen LogP contribution in [0.2, 0.25) is 0 Å². The third-order valence-corrected chi connectivity index (χ3v) is 6.60. The van der Waals surface area contributed by atoms with Crippen molar-refractivity contribution in [2.24, 2.45) is 17.8 Å². The first-order valence-electron chi connectivity index (χ1n) is 11.8. The molecule has 1 aliphatic heterocycles. The quantitative estimate of drug-likeness (QED) is 0.462. The zero-order chi connectivity index (χ0) is 21.3. The van der Waals surface area contributed by atoms with Crippen molar-refractivity contribution in [2.75, 3.05) is 13.2 Å². The summed E-state index contributed by atoms with van der Waals surface area (Å²) in [5.74, 6) is 6.28. The highest BCUT2D eigenvalue weighted by Crippen LogP contribution is 2.30. The summed E-state index contributed by atoms with van der Waals surface area (Å²) in [6, 6.07) is 2.82. The van der Waals surface area contributed by atoms with Gasteiger partial charge in [-0.15, -0.1) is 0 Å². The first-order valence-corrected chi connectivity index (χ1v) is 11.8. The first kappa shape index (κ1) is 23.2. The van der Waals surface area contributed by atoms with Crippen LogP contribution in [0.1, 0.15) is 82.8 Å². The van der Waals surface area contributed by atoms with Gasteiger partial charge in [0.2, 0.25) is 0 Å². The maximum absolute atomic E-state index is 14.5. The molecule has 2 aliphatic rings. The van der Waals surface area contributed by atoms with Gasteiger partial charge in [0.1, 0.15) is 11.6 Å². The van der Waals surface area contributed by atoms with E-state index in [0.29, 0.717) is 37.5 Å². The Kier molecular flexibility index (Phi) is 9.15. The van der Waals surface area contributed by atoms with E-state index in [-0.39, 0.29) is 17.8 Å². The Morgan fingerprint density at radius 3 is 2.20 bits per heavy atom. The molecule has 0 aromatic heterocycles. The average Bonchev–Trinajstić information content (AvgIpc) is 2.77. The Bertz CT molecular complexity index is 697. The number of rotatable bonds is 7. The predicted molar refractivity (Wildman–Crippen MR) is 116 cm³/mol. The van der Waals surface area contributed by atoms with E-state index in [1.54, 1.807) is 0 Å². The minimum absolute atomic E-state index is 0.0969. The molecule has 1 aromatic rings. The van der Waals surface area contributed by atoms with Crippen LogP contribution in [-0.4, -0.2) is 19.5 Å². The molecule has 0 atom stereocenters. The molecule has 3 rings (SSSR count). The molecule has 0 bridgehead atoms. The molecule has 1 saturated carbocycles. The Labute approximate surface area is 180 Å². The van der Waals surface area contributed by atoms with Crippen LogP contribution in [0.25, 0.3) is 0 Å². The average molecular weight is 419 g/mol. The summed E-state index contributed by atoms with van der Waals surface area (Å²) in [6.07, 6.45) is 9.96. The number of ether oxygens (including phenoxy) is 2. The van der Waals surface area contributed by atoms with Crippen LogP contribution in [0.3, 0.4) is 0 Å². The molecule has 1 aromatic carbocycles. The van der Waals surface area contributed by atoms with Crippen molar-refractivity contribution in [1.82, 2.24) is 0 Å². The summed E-state index contributed by atoms with van der Waals surface area (Å²) < 4.78 is 40.6. The fourth-order valence-electron chi connectivity index (χ4n) is 4.47. The Hall–Kier alpha value is -1.44. The molecule has 2 fully saturated rings. The van der Waals surface area contributed by atoms with Gasteiger partial charge >= 0.3 is 0 Å². The summed E-state index contributed by atoms with van der Waals surface area (Å²) in [5, 5.41) is 0. The fraction of sp³-hybridized carbons (Fsp3) is 0.692. The zero-order valence-electron chi connectivity index (χ0n) is 18.5. The maximum Gasteiger partial charge on any atom is 0.157 e. The van der Waals surface area contributed by atoms with Crippen LogP contribution in [0.5, 0.6) is 0 Å². The van der Waals surface area contributed by atoms with Gasteiger partial charge in [-0.1, -0.05) is 45.0 Å². The molecule has 1 saturated heterocycles. The van der Waals surface area contributed by atoms with Crippen LogP contribution < -0.4 is 0 Å². The van der Waals surface area contributed by atoms with E-state index in [4.69, 9.17) is 9.47 Å². The van der Waals surface area contributed by atoms with E-state index in [2.05, 4.69) is 25.7 Å². The van der Waals surface area contributed by atoms with E-state index >= 15 is 0 Å². The van der Waals surface area contributed by atoms with Gasteiger partial charge in [0.15, 0.2) is 6.29 Å². The van der Waals surface area contributed by atoms with Crippen molar-refractivity contribution in [3.8, 4) is 11.8 Å². The topological polar surface area (TPSA) is 18.5 Å². The predicted octanol–water partition coefficient (Wildman–Crippen LogP) is 6.64. The number of halogens is 2. The standard InChI is InChI=1S/C26H36F2O2/c1-3-5-6-22-17-29-26(30-18-22)14-12-21-15-24(27)23(25(28)16-21)13-11-20-9-7-19(4-2)8-10-20/h15-16,19-20,22,26H,3-10,12,14,17-18H2,1-2H3/t19-,20-,22-,26-. The van der Waals surface area contributed by atoms with E-state index in [9.17, 15) is 8.78 Å². The van der Waals surface area contributed by atoms with Crippen LogP contribution in [0, 0.1) is 41.2 Å². The largest absolute Gasteiger partial charge is 0.352 e. The van der Waals surface area contributed by atoms with E-state index in [1.165, 1.54) is 44.2 Å². The highest BCUT2D eigenvalue weighted by Gasteiger charge is 2.22. The van der Waals surface area contributed by atoms with Crippen molar-refractivity contribution in [3.63, 3.8) is 0 Å². The molecular formula is C26H36F2O2. The second kappa shape index (κ2) is 11.8. The second-order valence-electron chi connectivity index (χ2n) is 8.97. The van der Waals surface area contributed by atoms with Crippen molar-refractivity contribution >= 4 is 0 Å². The monoisotopic (exact) mass is 418 g/mol. The summed E-state index contributed by atoms with van der Waals surface area (Å²) in [6.45, 7) is 5.82. The Balaban J connectivity index is 1.50.